The summed E-state index contributed by atoms with van der Waals surface area (Å²) in [6.07, 6.45) is -16.7. The number of alkyl carbamates (subject to hydrolysis) is 1. The van der Waals surface area contributed by atoms with Gasteiger partial charge in [-0.25, -0.2) is 62.3 Å². The first-order valence-corrected chi connectivity index (χ1v) is 36.9. The minimum absolute atomic E-state index is 0.0230. The Morgan fingerprint density at radius 2 is 0.539 bits per heavy atom. The summed E-state index contributed by atoms with van der Waals surface area (Å²) in [5.41, 5.74) is -24.0. The molecule has 0 saturated heterocycles. The first-order chi connectivity index (χ1) is 51.6. The van der Waals surface area contributed by atoms with Crippen molar-refractivity contribution in [3.05, 3.63) is 41.7 Å². The highest BCUT2D eigenvalue weighted by Gasteiger charge is 2.45. The van der Waals surface area contributed by atoms with Crippen LogP contribution in [-0.2, 0) is 65.2 Å². The van der Waals surface area contributed by atoms with Crippen LogP contribution in [0, 0.1) is 0 Å². The van der Waals surface area contributed by atoms with Gasteiger partial charge in [-0.3, -0.25) is 23.6 Å². The molecule has 0 aliphatic rings. The van der Waals surface area contributed by atoms with Crippen molar-refractivity contribution in [2.75, 3.05) is 45.8 Å². The van der Waals surface area contributed by atoms with E-state index in [1.807, 2.05) is 0 Å². The molecule has 40 nitrogen and oxygen atoms in total. The molecule has 4 rings (SSSR count). The Labute approximate surface area is 666 Å². The maximum absolute atomic E-state index is 15.8. The van der Waals surface area contributed by atoms with Crippen LogP contribution in [-0.4, -0.2) is 198 Å². The van der Waals surface area contributed by atoms with Crippen molar-refractivity contribution in [2.24, 2.45) is 0 Å². The molecule has 115 heavy (non-hydrogen) atoms. The second-order valence-corrected chi connectivity index (χ2v) is 37.4. The molecule has 0 spiro atoms. The number of nitrogens with zero attached hydrogens (tertiary/aromatic N) is 13. The van der Waals surface area contributed by atoms with Gasteiger partial charge in [-0.15, -0.1) is 9.80 Å². The molecule has 0 atom stereocenters. The Kier molecular flexibility index (Phi) is 29.5. The Hall–Kier alpha value is -10.8. The molecule has 40 heteroatoms. The molecule has 0 aromatic carbocycles. The molecule has 1 N–H and O–H groups in total. The summed E-state index contributed by atoms with van der Waals surface area (Å²) in [5, 5.41) is 0.522. The van der Waals surface area contributed by atoms with Crippen molar-refractivity contribution in [1.82, 2.24) is 48.4 Å². The number of hydrogen-bond donors (Lipinski definition) is 1. The number of hydrogen-bond acceptors (Lipinski definition) is 31. The van der Waals surface area contributed by atoms with E-state index < -0.39 is 223 Å². The summed E-state index contributed by atoms with van der Waals surface area (Å²) in [5.74, 6) is -4.68. The zero-order valence-corrected chi connectivity index (χ0v) is 72.6. The number of nitrogens with one attached hydrogen (secondary N) is 1. The molecule has 4 heterocycles. The SMILES string of the molecule is CC(C)(C)OC(=O)NCCCCN(CCn1c(=O)n(C(=O)OC(C)(C)C)c(=O)c2c(N(C(=O)OC(C)(C)C)C(=O)OC(C)(C)C)nc(N(C(=O)OC(C)(C)C)C(=O)OC(C)(C)C)nc21)CCn1c(=O)n(C(=O)OC(C)(C)C)c(=O)c2c(N(C(=O)OC(C)(C)C)C(=O)OC(C)(C)C)nc(N(C(=O)OC(C)(C)C)C(=O)OC(C)(C)C)nc21. The number of amides is 9. The first kappa shape index (κ1) is 96.5. The monoisotopic (exact) mass is 1630 g/mol. The lowest BCUT2D eigenvalue weighted by Crippen LogP contribution is -2.50. The molecule has 4 aromatic heterocycles. The molecule has 0 bridgehead atoms. The van der Waals surface area contributed by atoms with E-state index >= 15 is 19.2 Å². The number of carbonyl (C=O) groups is 11. The maximum atomic E-state index is 15.8. The smallest absolute Gasteiger partial charge is 0.427 e. The lowest BCUT2D eigenvalue weighted by Gasteiger charge is -2.30. The third-order valence-electron chi connectivity index (χ3n) is 13.3. The number of unbranched alkanes of at least 4 members (excludes halogenated alkanes) is 1. The molecule has 0 fully saturated rings. The standard InChI is InChI=1S/C75H116N14O26/c1-65(2,3)105-52(92)76-36-34-35-37-81(38-40-82-44-42(48(90)86(53(82)93)59(99)110-70(16,17)18)46(84(55(95)106-66(4,5)6)56(96)107-67(7,8)9)79-50(77-44)88(61(101)112-72(22,23)24)62(102)113-73(25,26)27)39-41-83-45-43(49(91)87(54(83)94)60(100)111-71(19,20)21)47(85(57(97)108-68(10,11)12)58(98)109-69(13,14)15)80-51(78-45)89(63(103)114-74(28,29)30)64(104)115-75(31,32)33/h34-41H2,1-33H3,(H,76,92). The highest BCUT2D eigenvalue weighted by Crippen LogP contribution is 2.33. The van der Waals surface area contributed by atoms with Gasteiger partial charge in [0.2, 0.25) is 11.9 Å². The number of carbonyl (C=O) groups excluding carboxylic acids is 11. The van der Waals surface area contributed by atoms with Crippen molar-refractivity contribution in [3.63, 3.8) is 0 Å². The average molecular weight is 1630 g/mol. The van der Waals surface area contributed by atoms with Crippen molar-refractivity contribution in [2.45, 2.75) is 316 Å². The summed E-state index contributed by atoms with van der Waals surface area (Å²) >= 11 is 0. The molecule has 4 aromatic rings. The van der Waals surface area contributed by atoms with Crippen LogP contribution in [0.4, 0.5) is 76.3 Å². The number of aromatic nitrogens is 8. The molecular weight excluding hydrogens is 1510 g/mol. The molecule has 0 unspecified atom stereocenters. The van der Waals surface area contributed by atoms with Gasteiger partial charge in [0.15, 0.2) is 22.9 Å². The lowest BCUT2D eigenvalue weighted by molar-refractivity contribution is 0.0401. The van der Waals surface area contributed by atoms with Crippen LogP contribution in [0.1, 0.15) is 241 Å². The van der Waals surface area contributed by atoms with Crippen LogP contribution < -0.4 is 47.4 Å². The fraction of sp³-hybridized carbons (Fsp3) is 0.693. The largest absolute Gasteiger partial charge is 0.444 e. The van der Waals surface area contributed by atoms with Gasteiger partial charge in [0, 0.05) is 32.7 Å². The Morgan fingerprint density at radius 1 is 0.304 bits per heavy atom. The second-order valence-electron chi connectivity index (χ2n) is 37.4. The molecule has 9 amide bonds. The third kappa shape index (κ3) is 29.2. The van der Waals surface area contributed by atoms with Crippen LogP contribution in [0.3, 0.4) is 0 Å². The van der Waals surface area contributed by atoms with E-state index in [0.29, 0.717) is 9.13 Å². The zero-order valence-electron chi connectivity index (χ0n) is 72.6. The van der Waals surface area contributed by atoms with Gasteiger partial charge >= 0.3 is 78.4 Å². The van der Waals surface area contributed by atoms with Gasteiger partial charge in [0.05, 0.1) is 0 Å². The molecule has 0 aliphatic carbocycles. The van der Waals surface area contributed by atoms with Gasteiger partial charge in [0.25, 0.3) is 11.1 Å². The minimum atomic E-state index is -1.68. The fourth-order valence-corrected chi connectivity index (χ4v) is 9.52. The van der Waals surface area contributed by atoms with E-state index in [2.05, 4.69) is 25.3 Å². The van der Waals surface area contributed by atoms with Crippen LogP contribution >= 0.6 is 0 Å². The van der Waals surface area contributed by atoms with Crippen LogP contribution in [0.5, 0.6) is 0 Å². The fourth-order valence-electron chi connectivity index (χ4n) is 9.52. The van der Waals surface area contributed by atoms with Crippen LogP contribution in [0.25, 0.3) is 22.1 Å². The molecule has 642 valence electrons. The maximum Gasteiger partial charge on any atom is 0.427 e. The summed E-state index contributed by atoms with van der Waals surface area (Å²) in [6, 6.07) is 0. The van der Waals surface area contributed by atoms with Crippen molar-refractivity contribution >= 4 is 113 Å². The highest BCUT2D eigenvalue weighted by atomic mass is 16.6. The predicted octanol–water partition coefficient (Wildman–Crippen LogP) is 12.8. The van der Waals surface area contributed by atoms with E-state index in [9.17, 15) is 52.7 Å². The van der Waals surface area contributed by atoms with Crippen molar-refractivity contribution in [1.29, 1.82) is 0 Å². The van der Waals surface area contributed by atoms with Crippen LogP contribution in [0.2, 0.25) is 0 Å². The molecular formula is C75H116N14O26. The Morgan fingerprint density at radius 3 is 0.774 bits per heavy atom. The number of ether oxygens (including phenoxy) is 11. The minimum Gasteiger partial charge on any atom is -0.444 e. The first-order valence-electron chi connectivity index (χ1n) is 36.9. The highest BCUT2D eigenvalue weighted by molar-refractivity contribution is 6.16. The van der Waals surface area contributed by atoms with Crippen molar-refractivity contribution < 1.29 is 105 Å². The number of anilines is 4. The number of rotatable bonds is 15. The average Bonchev–Trinajstić information content (AvgIpc) is 0.734. The summed E-state index contributed by atoms with van der Waals surface area (Å²) in [6.45, 7) is 44.1. The number of imide groups is 4. The van der Waals surface area contributed by atoms with Gasteiger partial charge in [0.1, 0.15) is 72.4 Å². The Balaban J connectivity index is 2.48. The summed E-state index contributed by atoms with van der Waals surface area (Å²) < 4.78 is 63.6. The van der Waals surface area contributed by atoms with Gasteiger partial charge in [-0.05, 0) is 248 Å². The van der Waals surface area contributed by atoms with Gasteiger partial charge in [-0.1, -0.05) is 0 Å². The summed E-state index contributed by atoms with van der Waals surface area (Å²) in [7, 11) is 0. The second kappa shape index (κ2) is 35.1. The molecule has 0 saturated carbocycles. The van der Waals surface area contributed by atoms with Gasteiger partial charge in [-0.2, -0.15) is 38.9 Å². The van der Waals surface area contributed by atoms with E-state index in [1.54, 1.807) is 20.8 Å². The van der Waals surface area contributed by atoms with E-state index in [-0.39, 0.29) is 54.7 Å². The summed E-state index contributed by atoms with van der Waals surface area (Å²) in [4.78, 5) is 243. The molecule has 0 aliphatic heterocycles. The normalized spacial score (nSPS) is 12.7. The third-order valence-corrected chi connectivity index (χ3v) is 13.3. The van der Waals surface area contributed by atoms with Gasteiger partial charge < -0.3 is 57.4 Å². The lowest BCUT2D eigenvalue weighted by atomic mass is 10.2. The molecule has 0 radical (unpaired) electrons. The topological polar surface area (TPSA) is 457 Å². The zero-order chi connectivity index (χ0) is 88.9. The number of fused-ring (bicyclic) bond motifs is 2. The Bertz CT molecular complexity index is 4250. The van der Waals surface area contributed by atoms with E-state index in [4.69, 9.17) is 52.1 Å². The predicted molar refractivity (Wildman–Crippen MR) is 419 cm³/mol. The van der Waals surface area contributed by atoms with E-state index in [0.717, 1.165) is 0 Å². The van der Waals surface area contributed by atoms with Crippen LogP contribution in [0.15, 0.2) is 19.2 Å². The van der Waals surface area contributed by atoms with E-state index in [1.165, 1.54) is 213 Å². The van der Waals surface area contributed by atoms with Crippen molar-refractivity contribution in [3.8, 4) is 0 Å². The quantitative estimate of drug-likeness (QED) is 0.0853.